The zero-order chi connectivity index (χ0) is 17.0. The lowest BCUT2D eigenvalue weighted by atomic mass is 10.3. The zero-order valence-electron chi connectivity index (χ0n) is 12.3. The third-order valence-corrected chi connectivity index (χ3v) is 4.91. The van der Waals surface area contributed by atoms with Crippen LogP contribution in [0.2, 0.25) is 0 Å². The van der Waals surface area contributed by atoms with Gasteiger partial charge in [0.05, 0.1) is 24.3 Å². The Bertz CT molecular complexity index is 684. The Morgan fingerprint density at radius 2 is 2.13 bits per heavy atom. The van der Waals surface area contributed by atoms with Crippen LogP contribution in [0.15, 0.2) is 27.7 Å². The summed E-state index contributed by atoms with van der Waals surface area (Å²) in [6.07, 6.45) is -3.47. The van der Waals surface area contributed by atoms with Gasteiger partial charge in [-0.1, -0.05) is 0 Å². The number of alkyl halides is 3. The van der Waals surface area contributed by atoms with E-state index < -0.39 is 11.7 Å². The average molecular weight is 362 g/mol. The fraction of sp³-hybridized carbons (Fsp3) is 0.357. The van der Waals surface area contributed by atoms with E-state index in [1.54, 1.807) is 13.8 Å². The number of carbonyl (C=O) groups is 1. The number of aryl methyl sites for hydroxylation is 1. The lowest BCUT2D eigenvalue weighted by Crippen LogP contribution is -2.07. The molecule has 2 aromatic rings. The van der Waals surface area contributed by atoms with E-state index in [4.69, 9.17) is 4.74 Å². The van der Waals surface area contributed by atoms with Gasteiger partial charge < -0.3 is 4.74 Å². The minimum absolute atomic E-state index is 0.137. The SMILES string of the molecule is CCOC(=O)Cc1sc(Sc2ccc(C(F)(F)F)cn2)nc1C. The number of esters is 1. The number of hydrogen-bond acceptors (Lipinski definition) is 6. The van der Waals surface area contributed by atoms with Crippen LogP contribution in [0.5, 0.6) is 0 Å². The van der Waals surface area contributed by atoms with E-state index in [-0.39, 0.29) is 12.4 Å². The first kappa shape index (κ1) is 17.7. The molecule has 9 heteroatoms. The molecule has 0 bridgehead atoms. The van der Waals surface area contributed by atoms with Crippen LogP contribution >= 0.6 is 23.1 Å². The molecule has 0 N–H and O–H groups in total. The van der Waals surface area contributed by atoms with Gasteiger partial charge in [0.1, 0.15) is 5.03 Å². The molecule has 0 fully saturated rings. The normalized spacial score (nSPS) is 11.5. The van der Waals surface area contributed by atoms with Gasteiger partial charge in [0.2, 0.25) is 0 Å². The molecule has 0 saturated carbocycles. The van der Waals surface area contributed by atoms with Crippen molar-refractivity contribution in [2.75, 3.05) is 6.61 Å². The quantitative estimate of drug-likeness (QED) is 0.749. The third-order valence-electron chi connectivity index (χ3n) is 2.74. The monoisotopic (exact) mass is 362 g/mol. The number of thiazole rings is 1. The van der Waals surface area contributed by atoms with E-state index in [9.17, 15) is 18.0 Å². The van der Waals surface area contributed by atoms with Crippen molar-refractivity contribution in [1.82, 2.24) is 9.97 Å². The van der Waals surface area contributed by atoms with Crippen LogP contribution in [0.25, 0.3) is 0 Å². The van der Waals surface area contributed by atoms with Gasteiger partial charge in [-0.25, -0.2) is 9.97 Å². The van der Waals surface area contributed by atoms with Gasteiger partial charge in [0.15, 0.2) is 4.34 Å². The van der Waals surface area contributed by atoms with Gasteiger partial charge in [-0.15, -0.1) is 11.3 Å². The van der Waals surface area contributed by atoms with Gasteiger partial charge >= 0.3 is 12.1 Å². The first-order chi connectivity index (χ1) is 10.8. The number of aromatic nitrogens is 2. The van der Waals surface area contributed by atoms with Gasteiger partial charge in [0, 0.05) is 11.1 Å². The molecule has 0 aromatic carbocycles. The van der Waals surface area contributed by atoms with Gasteiger partial charge in [-0.3, -0.25) is 4.79 Å². The fourth-order valence-corrected chi connectivity index (χ4v) is 3.75. The molecule has 0 aliphatic rings. The van der Waals surface area contributed by atoms with Crippen LogP contribution in [-0.4, -0.2) is 22.5 Å². The first-order valence-corrected chi connectivity index (χ1v) is 8.26. The van der Waals surface area contributed by atoms with Gasteiger partial charge in [0.25, 0.3) is 0 Å². The molecule has 124 valence electrons. The molecule has 0 aliphatic carbocycles. The van der Waals surface area contributed by atoms with E-state index in [1.807, 2.05) is 0 Å². The van der Waals surface area contributed by atoms with Crippen molar-refractivity contribution in [2.45, 2.75) is 35.8 Å². The Morgan fingerprint density at radius 3 is 2.70 bits per heavy atom. The molecule has 23 heavy (non-hydrogen) atoms. The summed E-state index contributed by atoms with van der Waals surface area (Å²) in [4.78, 5) is 20.4. The van der Waals surface area contributed by atoms with Crippen LogP contribution in [0.4, 0.5) is 13.2 Å². The molecule has 4 nitrogen and oxygen atoms in total. The van der Waals surface area contributed by atoms with Crippen LogP contribution in [-0.2, 0) is 22.1 Å². The number of halogens is 3. The van der Waals surface area contributed by atoms with E-state index >= 15 is 0 Å². The molecule has 2 heterocycles. The summed E-state index contributed by atoms with van der Waals surface area (Å²) in [6.45, 7) is 3.82. The first-order valence-electron chi connectivity index (χ1n) is 6.62. The molecule has 0 atom stereocenters. The molecule has 0 amide bonds. The summed E-state index contributed by atoms with van der Waals surface area (Å²) in [6, 6.07) is 2.28. The summed E-state index contributed by atoms with van der Waals surface area (Å²) >= 11 is 2.47. The standard InChI is InChI=1S/C14H13F3N2O2S2/c1-3-21-12(20)6-10-8(2)19-13(22-10)23-11-5-4-9(7-18-11)14(15,16)17/h4-5,7H,3,6H2,1-2H3. The summed E-state index contributed by atoms with van der Waals surface area (Å²) in [5.41, 5.74) is -0.0855. The second-order valence-electron chi connectivity index (χ2n) is 4.46. The van der Waals surface area contributed by atoms with Crippen LogP contribution in [0.1, 0.15) is 23.1 Å². The van der Waals surface area contributed by atoms with Crippen molar-refractivity contribution in [3.05, 3.63) is 34.5 Å². The van der Waals surface area contributed by atoms with E-state index in [2.05, 4.69) is 9.97 Å². The average Bonchev–Trinajstić information content (AvgIpc) is 2.78. The lowest BCUT2D eigenvalue weighted by molar-refractivity contribution is -0.142. The van der Waals surface area contributed by atoms with Crippen LogP contribution in [0.3, 0.4) is 0 Å². The zero-order valence-corrected chi connectivity index (χ0v) is 13.9. The van der Waals surface area contributed by atoms with Crippen LogP contribution < -0.4 is 0 Å². The number of ether oxygens (including phenoxy) is 1. The van der Waals surface area contributed by atoms with E-state index in [0.717, 1.165) is 28.9 Å². The lowest BCUT2D eigenvalue weighted by Gasteiger charge is -2.05. The Hall–Kier alpha value is -1.61. The minimum Gasteiger partial charge on any atom is -0.466 e. The number of rotatable bonds is 5. The predicted molar refractivity (Wildman–Crippen MR) is 80.6 cm³/mol. The molecule has 2 rings (SSSR count). The number of nitrogens with zero attached hydrogens (tertiary/aromatic N) is 2. The third kappa shape index (κ3) is 4.93. The maximum Gasteiger partial charge on any atom is 0.417 e. The molecule has 0 aliphatic heterocycles. The van der Waals surface area contributed by atoms with Crippen molar-refractivity contribution < 1.29 is 22.7 Å². The maximum absolute atomic E-state index is 12.5. The molecule has 0 unspecified atom stereocenters. The highest BCUT2D eigenvalue weighted by Gasteiger charge is 2.30. The highest BCUT2D eigenvalue weighted by Crippen LogP contribution is 2.34. The molecular weight excluding hydrogens is 349 g/mol. The molecule has 0 radical (unpaired) electrons. The molecule has 0 saturated heterocycles. The molecular formula is C14H13F3N2O2S2. The number of pyridine rings is 1. The van der Waals surface area contributed by atoms with Gasteiger partial charge in [-0.05, 0) is 37.7 Å². The van der Waals surface area contributed by atoms with Crippen molar-refractivity contribution in [2.24, 2.45) is 0 Å². The Balaban J connectivity index is 2.07. The predicted octanol–water partition coefficient (Wildman–Crippen LogP) is 4.12. The Labute approximate surface area is 139 Å². The summed E-state index contributed by atoms with van der Waals surface area (Å²) in [7, 11) is 0. The molecule has 0 spiro atoms. The maximum atomic E-state index is 12.5. The number of carbonyl (C=O) groups excluding carboxylic acids is 1. The van der Waals surface area contributed by atoms with Gasteiger partial charge in [-0.2, -0.15) is 13.2 Å². The topological polar surface area (TPSA) is 52.1 Å². The molecule has 2 aromatic heterocycles. The second kappa shape index (κ2) is 7.31. The number of hydrogen-bond donors (Lipinski definition) is 0. The fourth-order valence-electron chi connectivity index (χ4n) is 1.65. The van der Waals surface area contributed by atoms with Crippen molar-refractivity contribution >= 4 is 29.1 Å². The summed E-state index contributed by atoms with van der Waals surface area (Å²) in [5.74, 6) is -0.330. The Morgan fingerprint density at radius 1 is 1.39 bits per heavy atom. The smallest absolute Gasteiger partial charge is 0.417 e. The van der Waals surface area contributed by atoms with Crippen LogP contribution in [0, 0.1) is 6.92 Å². The largest absolute Gasteiger partial charge is 0.466 e. The summed E-state index contributed by atoms with van der Waals surface area (Å²) in [5, 5.41) is 0.412. The van der Waals surface area contributed by atoms with E-state index in [1.165, 1.54) is 17.4 Å². The highest BCUT2D eigenvalue weighted by atomic mass is 32.2. The highest BCUT2D eigenvalue weighted by molar-refractivity contribution is 8.01. The van der Waals surface area contributed by atoms with Crippen molar-refractivity contribution in [3.8, 4) is 0 Å². The second-order valence-corrected chi connectivity index (χ2v) is 6.81. The van der Waals surface area contributed by atoms with Crippen molar-refractivity contribution in [3.63, 3.8) is 0 Å². The minimum atomic E-state index is -4.40. The van der Waals surface area contributed by atoms with Crippen molar-refractivity contribution in [1.29, 1.82) is 0 Å². The van der Waals surface area contributed by atoms with E-state index in [0.29, 0.717) is 21.7 Å². The Kier molecular flexibility index (Phi) is 5.64. The summed E-state index contributed by atoms with van der Waals surface area (Å²) < 4.78 is 43.0.